The van der Waals surface area contributed by atoms with Crippen molar-refractivity contribution in [3.05, 3.63) is 65.7 Å². The summed E-state index contributed by atoms with van der Waals surface area (Å²) in [7, 11) is 1.56. The first-order valence-corrected chi connectivity index (χ1v) is 10.8. The van der Waals surface area contributed by atoms with E-state index in [2.05, 4.69) is 5.32 Å². The second-order valence-corrected chi connectivity index (χ2v) is 7.65. The molecular formula is C23H22N2O6S. The number of thioether (sulfide) groups is 1. The van der Waals surface area contributed by atoms with Crippen molar-refractivity contribution in [1.82, 2.24) is 10.2 Å². The summed E-state index contributed by atoms with van der Waals surface area (Å²) in [6.07, 6.45) is 1.67. The minimum atomic E-state index is -0.657. The van der Waals surface area contributed by atoms with E-state index in [1.165, 1.54) is 0 Å². The Balaban J connectivity index is 1.61. The molecular weight excluding hydrogens is 432 g/mol. The van der Waals surface area contributed by atoms with Gasteiger partial charge in [-0.05, 0) is 29.3 Å². The molecule has 3 rings (SSSR count). The van der Waals surface area contributed by atoms with Crippen LogP contribution in [0.4, 0.5) is 4.79 Å². The van der Waals surface area contributed by atoms with Crippen LogP contribution < -0.4 is 10.1 Å². The quantitative estimate of drug-likeness (QED) is 0.353. The van der Waals surface area contributed by atoms with Crippen molar-refractivity contribution in [2.45, 2.75) is 0 Å². The minimum absolute atomic E-state index is 0.0787. The number of imide groups is 1. The highest BCUT2D eigenvalue weighted by Crippen LogP contribution is 2.22. The molecule has 0 bridgehead atoms. The normalized spacial score (nSPS) is 13.8. The van der Waals surface area contributed by atoms with Gasteiger partial charge in [-0.3, -0.25) is 19.3 Å². The predicted molar refractivity (Wildman–Crippen MR) is 121 cm³/mol. The zero-order chi connectivity index (χ0) is 22.9. The highest BCUT2D eigenvalue weighted by atomic mass is 32.2. The van der Waals surface area contributed by atoms with Crippen molar-refractivity contribution >= 4 is 46.4 Å². The molecule has 166 valence electrons. The Bertz CT molecular complexity index is 1020. The zero-order valence-corrected chi connectivity index (χ0v) is 18.2. The maximum Gasteiger partial charge on any atom is 0.339 e. The van der Waals surface area contributed by atoms with E-state index in [1.54, 1.807) is 55.7 Å². The van der Waals surface area contributed by atoms with Gasteiger partial charge in [-0.1, -0.05) is 54.2 Å². The van der Waals surface area contributed by atoms with Gasteiger partial charge in [-0.2, -0.15) is 0 Å². The van der Waals surface area contributed by atoms with Gasteiger partial charge in [0.25, 0.3) is 11.1 Å². The topological polar surface area (TPSA) is 102 Å². The van der Waals surface area contributed by atoms with Gasteiger partial charge in [0.15, 0.2) is 6.61 Å². The highest BCUT2D eigenvalue weighted by molar-refractivity contribution is 8.14. The molecule has 1 heterocycles. The molecule has 0 atom stereocenters. The predicted octanol–water partition coefficient (Wildman–Crippen LogP) is 2.59. The van der Waals surface area contributed by atoms with Crippen molar-refractivity contribution < 1.29 is 28.7 Å². The summed E-state index contributed by atoms with van der Waals surface area (Å²) in [5.74, 6) is -0.704. The molecule has 0 saturated carbocycles. The number of esters is 1. The maximum atomic E-state index is 12.8. The second kappa shape index (κ2) is 11.1. The number of ether oxygens (including phenoxy) is 2. The number of carbonyl (C=O) groups excluding carboxylic acids is 4. The van der Waals surface area contributed by atoms with Gasteiger partial charge in [-0.15, -0.1) is 0 Å². The van der Waals surface area contributed by atoms with Crippen molar-refractivity contribution in [3.8, 4) is 5.75 Å². The average molecular weight is 455 g/mol. The Labute approximate surface area is 189 Å². The van der Waals surface area contributed by atoms with Crippen LogP contribution in [0.3, 0.4) is 0 Å². The number of hydrogen-bond acceptors (Lipinski definition) is 7. The van der Waals surface area contributed by atoms with E-state index in [4.69, 9.17) is 9.47 Å². The number of hydrogen-bond donors (Lipinski definition) is 1. The molecule has 2 aromatic carbocycles. The second-order valence-electron chi connectivity index (χ2n) is 6.73. The van der Waals surface area contributed by atoms with Gasteiger partial charge in [0.05, 0.1) is 18.4 Å². The number of benzene rings is 2. The van der Waals surface area contributed by atoms with Gasteiger partial charge < -0.3 is 14.8 Å². The Morgan fingerprint density at radius 2 is 1.91 bits per heavy atom. The van der Waals surface area contributed by atoms with Crippen LogP contribution in [0.5, 0.6) is 5.75 Å². The van der Waals surface area contributed by atoms with Gasteiger partial charge in [0, 0.05) is 13.1 Å². The fraction of sp³-hybridized carbons (Fsp3) is 0.217. The van der Waals surface area contributed by atoms with E-state index < -0.39 is 18.5 Å². The van der Waals surface area contributed by atoms with Gasteiger partial charge in [0.2, 0.25) is 5.91 Å². The minimum Gasteiger partial charge on any atom is -0.497 e. The lowest BCUT2D eigenvalue weighted by Crippen LogP contribution is -2.38. The number of carbonyl (C=O) groups is 4. The molecule has 1 fully saturated rings. The third-order valence-electron chi connectivity index (χ3n) is 4.54. The van der Waals surface area contributed by atoms with Crippen LogP contribution in [0.2, 0.25) is 0 Å². The molecule has 1 aliphatic rings. The molecule has 9 heteroatoms. The first kappa shape index (κ1) is 23.1. The molecule has 3 amide bonds. The summed E-state index contributed by atoms with van der Waals surface area (Å²) in [4.78, 5) is 49.0. The largest absolute Gasteiger partial charge is 0.497 e. The van der Waals surface area contributed by atoms with E-state index >= 15 is 0 Å². The molecule has 0 unspecified atom stereocenters. The molecule has 0 aromatic heterocycles. The van der Waals surface area contributed by atoms with Crippen molar-refractivity contribution in [1.29, 1.82) is 0 Å². The van der Waals surface area contributed by atoms with E-state index in [0.29, 0.717) is 11.3 Å². The lowest BCUT2D eigenvalue weighted by atomic mass is 10.0. The zero-order valence-electron chi connectivity index (χ0n) is 17.4. The van der Waals surface area contributed by atoms with Crippen LogP contribution in [0.15, 0.2) is 54.6 Å². The van der Waals surface area contributed by atoms with Crippen LogP contribution in [0, 0.1) is 0 Å². The molecule has 1 N–H and O–H groups in total. The monoisotopic (exact) mass is 454 g/mol. The standard InChI is InChI=1S/C23H22N2O6S/c1-30-18-9-5-6-16(12-18)13-19(17-7-3-2-4-8-17)22(28)31-14-20(26)24-10-11-25-21(27)15-32-23(25)29/h2-9,12-13H,10-11,14-15H2,1H3,(H,24,26). The van der Waals surface area contributed by atoms with Crippen molar-refractivity contribution in [2.75, 3.05) is 32.6 Å². The van der Waals surface area contributed by atoms with Crippen LogP contribution >= 0.6 is 11.8 Å². The lowest BCUT2D eigenvalue weighted by Gasteiger charge is -2.13. The Hall–Kier alpha value is -3.59. The number of methoxy groups -OCH3 is 1. The summed E-state index contributed by atoms with van der Waals surface area (Å²) < 4.78 is 10.4. The van der Waals surface area contributed by atoms with E-state index in [9.17, 15) is 19.2 Å². The molecule has 8 nitrogen and oxygen atoms in total. The average Bonchev–Trinajstić information content (AvgIpc) is 3.14. The lowest BCUT2D eigenvalue weighted by molar-refractivity contribution is -0.142. The summed E-state index contributed by atoms with van der Waals surface area (Å²) in [5.41, 5.74) is 1.67. The fourth-order valence-corrected chi connectivity index (χ4v) is 3.69. The molecule has 0 spiro atoms. The highest BCUT2D eigenvalue weighted by Gasteiger charge is 2.29. The molecule has 0 aliphatic carbocycles. The number of rotatable bonds is 9. The summed E-state index contributed by atoms with van der Waals surface area (Å²) >= 11 is 0.932. The number of amides is 3. The third-order valence-corrected chi connectivity index (χ3v) is 5.40. The van der Waals surface area contributed by atoms with Gasteiger partial charge >= 0.3 is 5.97 Å². The number of nitrogens with zero attached hydrogens (tertiary/aromatic N) is 1. The first-order valence-electron chi connectivity index (χ1n) is 9.80. The first-order chi connectivity index (χ1) is 15.5. The van der Waals surface area contributed by atoms with E-state index in [0.717, 1.165) is 22.2 Å². The molecule has 32 heavy (non-hydrogen) atoms. The van der Waals surface area contributed by atoms with Crippen molar-refractivity contribution in [3.63, 3.8) is 0 Å². The van der Waals surface area contributed by atoms with Crippen molar-refractivity contribution in [2.24, 2.45) is 0 Å². The Kier molecular flexibility index (Phi) is 8.04. The summed E-state index contributed by atoms with van der Waals surface area (Å²) in [6.45, 7) is -0.327. The number of nitrogens with one attached hydrogen (secondary N) is 1. The molecule has 1 aliphatic heterocycles. The molecule has 2 aromatic rings. The van der Waals surface area contributed by atoms with Crippen LogP contribution in [0.1, 0.15) is 11.1 Å². The van der Waals surface area contributed by atoms with Gasteiger partial charge in [0.1, 0.15) is 5.75 Å². The SMILES string of the molecule is COc1cccc(C=C(C(=O)OCC(=O)NCCN2C(=O)CSC2=O)c2ccccc2)c1. The van der Waals surface area contributed by atoms with E-state index in [-0.39, 0.29) is 35.6 Å². The van der Waals surface area contributed by atoms with Crippen LogP contribution in [-0.2, 0) is 19.1 Å². The molecule has 1 saturated heterocycles. The maximum absolute atomic E-state index is 12.8. The van der Waals surface area contributed by atoms with Crippen LogP contribution in [-0.4, -0.2) is 60.5 Å². The molecule has 0 radical (unpaired) electrons. The van der Waals surface area contributed by atoms with E-state index in [1.807, 2.05) is 12.1 Å². The van der Waals surface area contributed by atoms with Gasteiger partial charge in [-0.25, -0.2) is 4.79 Å². The fourth-order valence-electron chi connectivity index (χ4n) is 2.94. The third kappa shape index (κ3) is 6.21. The summed E-state index contributed by atoms with van der Waals surface area (Å²) in [6, 6.07) is 16.2. The Morgan fingerprint density at radius 3 is 2.59 bits per heavy atom. The smallest absolute Gasteiger partial charge is 0.339 e. The van der Waals surface area contributed by atoms with Crippen LogP contribution in [0.25, 0.3) is 11.6 Å². The Morgan fingerprint density at radius 1 is 1.12 bits per heavy atom. The summed E-state index contributed by atoms with van der Waals surface area (Å²) in [5, 5.41) is 2.21.